The van der Waals surface area contributed by atoms with Crippen LogP contribution < -0.4 is 24.4 Å². The number of nitro benzene ring substituents is 1. The maximum atomic E-state index is 13.9. The number of carbonyl (C=O) groups is 1. The molecule has 1 atom stereocenters. The number of carbonyl (C=O) groups excluding carboxylic acids is 1. The lowest BCUT2D eigenvalue weighted by Crippen LogP contribution is -2.40. The number of fused-ring (bicyclic) bond motifs is 1. The molecule has 2 aromatic heterocycles. The van der Waals surface area contributed by atoms with Crippen LogP contribution >= 0.6 is 11.3 Å². The summed E-state index contributed by atoms with van der Waals surface area (Å²) in [6.07, 6.45) is 1.61. The van der Waals surface area contributed by atoms with Gasteiger partial charge in [-0.3, -0.25) is 19.5 Å². The van der Waals surface area contributed by atoms with Gasteiger partial charge in [0.2, 0.25) is 0 Å². The molecule has 0 fully saturated rings. The van der Waals surface area contributed by atoms with E-state index in [0.717, 1.165) is 11.3 Å². The molecule has 5 rings (SSSR count). The number of allylic oxidation sites excluding steroid dienone is 1. The van der Waals surface area contributed by atoms with E-state index in [9.17, 15) is 19.7 Å². The lowest BCUT2D eigenvalue weighted by atomic mass is 9.95. The molecule has 12 heteroatoms. The van der Waals surface area contributed by atoms with Crippen molar-refractivity contribution in [1.29, 1.82) is 0 Å². The SMILES string of the molecule is CCOC(=O)C1=C(C)N=c2s/c(=C\c3ccc(-c4ccc([N+](=O)[O-])cc4C)o3)c(=O)n2[C@H]1c1ccc(OC)cc1OC. The second-order valence-corrected chi connectivity index (χ2v) is 10.4. The summed E-state index contributed by atoms with van der Waals surface area (Å²) in [5.41, 5.74) is 2.22. The lowest BCUT2D eigenvalue weighted by molar-refractivity contribution is -0.384. The normalized spacial score (nSPS) is 14.8. The summed E-state index contributed by atoms with van der Waals surface area (Å²) in [7, 11) is 3.04. The molecular formula is C30H27N3O8S. The van der Waals surface area contributed by atoms with Gasteiger partial charge in [0.05, 0.1) is 41.6 Å². The van der Waals surface area contributed by atoms with E-state index in [0.29, 0.717) is 54.7 Å². The largest absolute Gasteiger partial charge is 0.497 e. The Morgan fingerprint density at radius 3 is 2.60 bits per heavy atom. The van der Waals surface area contributed by atoms with Gasteiger partial charge in [0.15, 0.2) is 4.80 Å². The maximum absolute atomic E-state index is 13.9. The van der Waals surface area contributed by atoms with Gasteiger partial charge in [0.25, 0.3) is 11.2 Å². The average Bonchev–Trinajstić information content (AvgIpc) is 3.55. The summed E-state index contributed by atoms with van der Waals surface area (Å²) >= 11 is 1.16. The minimum atomic E-state index is -0.863. The number of non-ortho nitro benzene ring substituents is 1. The summed E-state index contributed by atoms with van der Waals surface area (Å²) in [6.45, 7) is 5.33. The highest BCUT2D eigenvalue weighted by molar-refractivity contribution is 7.07. The molecule has 0 bridgehead atoms. The second kappa shape index (κ2) is 11.5. The number of esters is 1. The summed E-state index contributed by atoms with van der Waals surface area (Å²) in [5, 5.41) is 11.1. The van der Waals surface area contributed by atoms with Gasteiger partial charge in [-0.2, -0.15) is 0 Å². The quantitative estimate of drug-likeness (QED) is 0.169. The van der Waals surface area contributed by atoms with Gasteiger partial charge in [-0.15, -0.1) is 0 Å². The number of aromatic nitrogens is 1. The maximum Gasteiger partial charge on any atom is 0.338 e. The summed E-state index contributed by atoms with van der Waals surface area (Å²) < 4.78 is 24.2. The monoisotopic (exact) mass is 589 g/mol. The smallest absolute Gasteiger partial charge is 0.338 e. The highest BCUT2D eigenvalue weighted by atomic mass is 32.1. The number of nitrogens with zero attached hydrogens (tertiary/aromatic N) is 3. The van der Waals surface area contributed by atoms with Crippen molar-refractivity contribution in [2.75, 3.05) is 20.8 Å². The number of benzene rings is 2. The summed E-state index contributed by atoms with van der Waals surface area (Å²) in [6, 6.07) is 12.3. The van der Waals surface area contributed by atoms with Crippen molar-refractivity contribution in [1.82, 2.24) is 4.57 Å². The van der Waals surface area contributed by atoms with Gasteiger partial charge >= 0.3 is 5.97 Å². The van der Waals surface area contributed by atoms with Crippen LogP contribution in [-0.4, -0.2) is 36.3 Å². The Morgan fingerprint density at radius 2 is 1.93 bits per heavy atom. The number of hydrogen-bond acceptors (Lipinski definition) is 10. The van der Waals surface area contributed by atoms with Crippen molar-refractivity contribution >= 4 is 29.1 Å². The van der Waals surface area contributed by atoms with Crippen molar-refractivity contribution in [2.45, 2.75) is 26.8 Å². The lowest BCUT2D eigenvalue weighted by Gasteiger charge is -2.26. The zero-order valence-electron chi connectivity index (χ0n) is 23.5. The molecule has 0 spiro atoms. The zero-order chi connectivity index (χ0) is 30.1. The highest BCUT2D eigenvalue weighted by Gasteiger charge is 2.35. The van der Waals surface area contributed by atoms with Crippen LogP contribution in [0, 0.1) is 17.0 Å². The van der Waals surface area contributed by atoms with Crippen molar-refractivity contribution in [3.05, 3.63) is 106 Å². The molecular weight excluding hydrogens is 562 g/mol. The Bertz CT molecular complexity index is 1930. The van der Waals surface area contributed by atoms with Crippen molar-refractivity contribution in [2.24, 2.45) is 4.99 Å². The van der Waals surface area contributed by atoms with E-state index in [2.05, 4.69) is 4.99 Å². The fraction of sp³-hybridized carbons (Fsp3) is 0.233. The molecule has 4 aromatic rings. The van der Waals surface area contributed by atoms with E-state index >= 15 is 0 Å². The number of thiazole rings is 1. The van der Waals surface area contributed by atoms with Crippen LogP contribution in [-0.2, 0) is 9.53 Å². The molecule has 1 aliphatic heterocycles. The van der Waals surface area contributed by atoms with Crippen LogP contribution in [0.2, 0.25) is 0 Å². The second-order valence-electron chi connectivity index (χ2n) is 9.37. The van der Waals surface area contributed by atoms with Crippen LogP contribution in [0.4, 0.5) is 5.69 Å². The predicted octanol–water partition coefficient (Wildman–Crippen LogP) is 4.29. The Kier molecular flexibility index (Phi) is 7.81. The topological polar surface area (TPSA) is 135 Å². The molecule has 11 nitrogen and oxygen atoms in total. The number of rotatable bonds is 8. The van der Waals surface area contributed by atoms with E-state index in [1.807, 2.05) is 0 Å². The Morgan fingerprint density at radius 1 is 1.14 bits per heavy atom. The van der Waals surface area contributed by atoms with E-state index in [1.54, 1.807) is 63.2 Å². The van der Waals surface area contributed by atoms with Gasteiger partial charge in [-0.05, 0) is 56.7 Å². The van der Waals surface area contributed by atoms with E-state index in [1.165, 1.54) is 30.9 Å². The number of furan rings is 1. The molecule has 0 N–H and O–H groups in total. The molecule has 0 saturated carbocycles. The van der Waals surface area contributed by atoms with Gasteiger partial charge < -0.3 is 18.6 Å². The Balaban J connectivity index is 1.64. The number of ether oxygens (including phenoxy) is 3. The molecule has 42 heavy (non-hydrogen) atoms. The van der Waals surface area contributed by atoms with Gasteiger partial charge in [-0.25, -0.2) is 9.79 Å². The first-order valence-electron chi connectivity index (χ1n) is 12.9. The third-order valence-electron chi connectivity index (χ3n) is 6.84. The summed E-state index contributed by atoms with van der Waals surface area (Å²) in [4.78, 5) is 42.8. The molecule has 0 saturated heterocycles. The fourth-order valence-electron chi connectivity index (χ4n) is 4.87. The molecule has 0 unspecified atom stereocenters. The molecule has 3 heterocycles. The third-order valence-corrected chi connectivity index (χ3v) is 7.82. The Labute approximate surface area is 243 Å². The molecule has 1 aliphatic rings. The van der Waals surface area contributed by atoms with Crippen molar-refractivity contribution in [3.8, 4) is 22.8 Å². The molecule has 216 valence electrons. The minimum Gasteiger partial charge on any atom is -0.497 e. The first-order chi connectivity index (χ1) is 20.2. The molecule has 0 amide bonds. The Hall–Kier alpha value is -4.97. The molecule has 2 aromatic carbocycles. The fourth-order valence-corrected chi connectivity index (χ4v) is 5.90. The standard InChI is InChI=1S/C30H27N3O8S/c1-6-40-29(35)26-17(3)31-30-32(27(26)22-11-8-19(38-4)14-24(22)39-5)28(34)25(42-30)15-20-9-12-23(41-20)21-10-7-18(33(36)37)13-16(21)2/h7-15,27H,6H2,1-5H3/b25-15-/t27-/m0/s1. The van der Waals surface area contributed by atoms with Crippen LogP contribution in [0.1, 0.15) is 36.8 Å². The number of hydrogen-bond donors (Lipinski definition) is 0. The van der Waals surface area contributed by atoms with Crippen LogP contribution in [0.5, 0.6) is 11.5 Å². The first kappa shape index (κ1) is 28.6. The van der Waals surface area contributed by atoms with Gasteiger partial charge in [0, 0.05) is 35.4 Å². The summed E-state index contributed by atoms with van der Waals surface area (Å²) in [5.74, 6) is 1.32. The van der Waals surface area contributed by atoms with Crippen molar-refractivity contribution in [3.63, 3.8) is 0 Å². The molecule has 0 radical (unpaired) electrons. The van der Waals surface area contributed by atoms with Crippen molar-refractivity contribution < 1.29 is 28.3 Å². The first-order valence-corrected chi connectivity index (χ1v) is 13.7. The van der Waals surface area contributed by atoms with E-state index in [-0.39, 0.29) is 23.4 Å². The van der Waals surface area contributed by atoms with Crippen LogP contribution in [0.25, 0.3) is 17.4 Å². The third kappa shape index (κ3) is 5.12. The highest BCUT2D eigenvalue weighted by Crippen LogP contribution is 2.37. The van der Waals surface area contributed by atoms with E-state index < -0.39 is 16.9 Å². The number of nitro groups is 1. The van der Waals surface area contributed by atoms with Crippen LogP contribution in [0.15, 0.2) is 74.0 Å². The number of methoxy groups -OCH3 is 2. The average molecular weight is 590 g/mol. The predicted molar refractivity (Wildman–Crippen MR) is 155 cm³/mol. The van der Waals surface area contributed by atoms with Gasteiger partial charge in [0.1, 0.15) is 29.1 Å². The molecule has 0 aliphatic carbocycles. The zero-order valence-corrected chi connectivity index (χ0v) is 24.3. The van der Waals surface area contributed by atoms with Crippen LogP contribution in [0.3, 0.4) is 0 Å². The van der Waals surface area contributed by atoms with Gasteiger partial charge in [-0.1, -0.05) is 11.3 Å². The van der Waals surface area contributed by atoms with E-state index in [4.69, 9.17) is 18.6 Å². The minimum absolute atomic E-state index is 0.00957. The number of aryl methyl sites for hydroxylation is 1.